The first-order valence-corrected chi connectivity index (χ1v) is 8.64. The summed E-state index contributed by atoms with van der Waals surface area (Å²) in [6.07, 6.45) is 2.17. The molecule has 4 heterocycles. The molecule has 1 unspecified atom stereocenters. The molecule has 3 fully saturated rings. The summed E-state index contributed by atoms with van der Waals surface area (Å²) in [7, 11) is 0. The number of benzene rings is 2. The first kappa shape index (κ1) is 14.2. The minimum absolute atomic E-state index is 0.373. The van der Waals surface area contributed by atoms with E-state index in [9.17, 15) is 5.11 Å². The van der Waals surface area contributed by atoms with Crippen LogP contribution in [0.2, 0.25) is 0 Å². The van der Waals surface area contributed by atoms with Gasteiger partial charge in [0.2, 0.25) is 5.89 Å². The lowest BCUT2D eigenvalue weighted by Gasteiger charge is -2.50. The van der Waals surface area contributed by atoms with Crippen LogP contribution < -0.4 is 0 Å². The molecule has 2 bridgehead atoms. The average Bonchev–Trinajstić information content (AvgIpc) is 3.07. The molecule has 0 amide bonds. The second-order valence-corrected chi connectivity index (χ2v) is 7.04. The molecule has 2 aromatic carbocycles. The zero-order chi connectivity index (χ0) is 16.1. The number of rotatable bonds is 2. The predicted molar refractivity (Wildman–Crippen MR) is 92.5 cm³/mol. The maximum absolute atomic E-state index is 11.2. The van der Waals surface area contributed by atoms with Crippen LogP contribution in [0.15, 0.2) is 52.9 Å². The van der Waals surface area contributed by atoms with E-state index in [1.165, 1.54) is 0 Å². The molecule has 0 radical (unpaired) electrons. The maximum atomic E-state index is 11.2. The van der Waals surface area contributed by atoms with Crippen molar-refractivity contribution in [2.24, 2.45) is 5.92 Å². The fourth-order valence-electron chi connectivity index (χ4n) is 4.26. The Kier molecular flexibility index (Phi) is 3.05. The zero-order valence-corrected chi connectivity index (χ0v) is 13.5. The van der Waals surface area contributed by atoms with Gasteiger partial charge in [-0.1, -0.05) is 24.3 Å². The molecule has 4 heteroatoms. The number of fused-ring (bicyclic) bond motifs is 4. The number of hydrogen-bond donors (Lipinski definition) is 1. The van der Waals surface area contributed by atoms with Crippen LogP contribution in [0.3, 0.4) is 0 Å². The molecule has 4 nitrogen and oxygen atoms in total. The topological polar surface area (TPSA) is 49.5 Å². The van der Waals surface area contributed by atoms with Gasteiger partial charge in [0, 0.05) is 12.1 Å². The van der Waals surface area contributed by atoms with Gasteiger partial charge in [0.1, 0.15) is 11.1 Å². The molecular weight excluding hydrogens is 300 g/mol. The zero-order valence-electron chi connectivity index (χ0n) is 13.5. The lowest BCUT2D eigenvalue weighted by molar-refractivity contribution is -0.117. The number of para-hydroxylation sites is 2. The summed E-state index contributed by atoms with van der Waals surface area (Å²) in [5, 5.41) is 11.2. The molecule has 1 atom stereocenters. The Hall–Kier alpha value is -2.17. The number of aromatic nitrogens is 1. The number of hydrogen-bond acceptors (Lipinski definition) is 4. The number of nitrogens with zero attached hydrogens (tertiary/aromatic N) is 2. The van der Waals surface area contributed by atoms with Crippen molar-refractivity contribution in [1.29, 1.82) is 0 Å². The van der Waals surface area contributed by atoms with Crippen molar-refractivity contribution in [2.75, 3.05) is 19.6 Å². The van der Waals surface area contributed by atoms with Crippen LogP contribution in [0.1, 0.15) is 18.4 Å². The largest absolute Gasteiger partial charge is 0.436 e. The third kappa shape index (κ3) is 2.10. The van der Waals surface area contributed by atoms with Gasteiger partial charge in [-0.25, -0.2) is 4.98 Å². The van der Waals surface area contributed by atoms with Gasteiger partial charge in [0.15, 0.2) is 5.58 Å². The first-order chi connectivity index (χ1) is 11.7. The summed E-state index contributed by atoms with van der Waals surface area (Å²) >= 11 is 0. The summed E-state index contributed by atoms with van der Waals surface area (Å²) in [6, 6.07) is 15.9. The molecule has 3 aliphatic heterocycles. The smallest absolute Gasteiger partial charge is 0.227 e. The van der Waals surface area contributed by atoms with E-state index in [0.29, 0.717) is 11.8 Å². The SMILES string of the molecule is OC1(c2ccc(-c3nc4ccccc4o3)cc2)CN2CCC1CC2. The van der Waals surface area contributed by atoms with E-state index in [1.807, 2.05) is 48.5 Å². The van der Waals surface area contributed by atoms with Gasteiger partial charge in [-0.15, -0.1) is 0 Å². The van der Waals surface area contributed by atoms with E-state index in [4.69, 9.17) is 4.42 Å². The van der Waals surface area contributed by atoms with E-state index < -0.39 is 5.60 Å². The van der Waals surface area contributed by atoms with Crippen LogP contribution in [-0.4, -0.2) is 34.6 Å². The van der Waals surface area contributed by atoms with E-state index >= 15 is 0 Å². The minimum atomic E-state index is -0.712. The van der Waals surface area contributed by atoms with Gasteiger partial charge in [-0.3, -0.25) is 0 Å². The standard InChI is InChI=1S/C20H20N2O2/c23-20(13-22-11-9-16(20)10-12-22)15-7-5-14(6-8-15)19-21-17-3-1-2-4-18(17)24-19/h1-8,16,23H,9-13H2. The highest BCUT2D eigenvalue weighted by atomic mass is 16.3. The maximum Gasteiger partial charge on any atom is 0.227 e. The summed E-state index contributed by atoms with van der Waals surface area (Å²) in [5.74, 6) is 1.00. The highest BCUT2D eigenvalue weighted by Gasteiger charge is 2.46. The molecule has 1 aromatic heterocycles. The molecule has 24 heavy (non-hydrogen) atoms. The summed E-state index contributed by atoms with van der Waals surface area (Å²) in [4.78, 5) is 6.91. The quantitative estimate of drug-likeness (QED) is 0.786. The molecule has 3 aromatic rings. The van der Waals surface area contributed by atoms with E-state index in [1.54, 1.807) is 0 Å². The average molecular weight is 320 g/mol. The van der Waals surface area contributed by atoms with Crippen LogP contribution in [0, 0.1) is 5.92 Å². The van der Waals surface area contributed by atoms with Crippen molar-refractivity contribution in [2.45, 2.75) is 18.4 Å². The van der Waals surface area contributed by atoms with Crippen LogP contribution in [0.5, 0.6) is 0 Å². The Bertz CT molecular complexity index is 845. The van der Waals surface area contributed by atoms with Gasteiger partial charge in [0.05, 0.1) is 0 Å². The normalized spacial score (nSPS) is 29.2. The van der Waals surface area contributed by atoms with Crippen LogP contribution >= 0.6 is 0 Å². The van der Waals surface area contributed by atoms with E-state index in [-0.39, 0.29) is 0 Å². The third-order valence-corrected chi connectivity index (χ3v) is 5.65. The predicted octanol–water partition coefficient (Wildman–Crippen LogP) is 3.41. The minimum Gasteiger partial charge on any atom is -0.436 e. The van der Waals surface area contributed by atoms with Gasteiger partial charge in [0.25, 0.3) is 0 Å². The highest BCUT2D eigenvalue weighted by molar-refractivity contribution is 5.75. The van der Waals surface area contributed by atoms with Gasteiger partial charge >= 0.3 is 0 Å². The number of piperidine rings is 3. The van der Waals surface area contributed by atoms with Crippen molar-refractivity contribution in [3.05, 3.63) is 54.1 Å². The fraction of sp³-hybridized carbons (Fsp3) is 0.350. The lowest BCUT2D eigenvalue weighted by atomic mass is 9.71. The highest BCUT2D eigenvalue weighted by Crippen LogP contribution is 2.42. The fourth-order valence-corrected chi connectivity index (χ4v) is 4.26. The Morgan fingerprint density at radius 1 is 1.04 bits per heavy atom. The second-order valence-electron chi connectivity index (χ2n) is 7.04. The van der Waals surface area contributed by atoms with Crippen molar-refractivity contribution in [1.82, 2.24) is 9.88 Å². The molecule has 6 rings (SSSR count). The van der Waals surface area contributed by atoms with Gasteiger partial charge < -0.3 is 14.4 Å². The van der Waals surface area contributed by atoms with Crippen LogP contribution in [0.25, 0.3) is 22.6 Å². The van der Waals surface area contributed by atoms with Gasteiger partial charge in [-0.2, -0.15) is 0 Å². The first-order valence-electron chi connectivity index (χ1n) is 8.64. The van der Waals surface area contributed by atoms with Crippen molar-refractivity contribution < 1.29 is 9.52 Å². The van der Waals surface area contributed by atoms with Crippen LogP contribution in [0.4, 0.5) is 0 Å². The number of aliphatic hydroxyl groups is 1. The molecule has 122 valence electrons. The van der Waals surface area contributed by atoms with E-state index in [0.717, 1.165) is 54.7 Å². The summed E-state index contributed by atoms with van der Waals surface area (Å²) in [6.45, 7) is 2.99. The summed E-state index contributed by atoms with van der Waals surface area (Å²) < 4.78 is 5.83. The Labute approximate surface area is 140 Å². The second kappa shape index (κ2) is 5.16. The molecule has 3 aliphatic rings. The van der Waals surface area contributed by atoms with E-state index in [2.05, 4.69) is 9.88 Å². The monoisotopic (exact) mass is 320 g/mol. The molecular formula is C20H20N2O2. The molecule has 1 N–H and O–H groups in total. The van der Waals surface area contributed by atoms with Crippen LogP contribution in [-0.2, 0) is 5.60 Å². The van der Waals surface area contributed by atoms with Crippen molar-refractivity contribution in [3.63, 3.8) is 0 Å². The molecule has 0 aliphatic carbocycles. The Morgan fingerprint density at radius 2 is 1.79 bits per heavy atom. The molecule has 0 saturated carbocycles. The van der Waals surface area contributed by atoms with Gasteiger partial charge in [-0.05, 0) is 61.7 Å². The summed E-state index contributed by atoms with van der Waals surface area (Å²) in [5.41, 5.74) is 2.91. The third-order valence-electron chi connectivity index (χ3n) is 5.65. The molecule has 0 spiro atoms. The van der Waals surface area contributed by atoms with Crippen molar-refractivity contribution >= 4 is 11.1 Å². The number of oxazole rings is 1. The Balaban J connectivity index is 1.49. The Morgan fingerprint density at radius 3 is 2.46 bits per heavy atom. The lowest BCUT2D eigenvalue weighted by Crippen LogP contribution is -2.57. The van der Waals surface area contributed by atoms with Crippen molar-refractivity contribution in [3.8, 4) is 11.5 Å². The molecule has 3 saturated heterocycles.